The van der Waals surface area contributed by atoms with Gasteiger partial charge in [0.25, 0.3) is 5.91 Å². The van der Waals surface area contributed by atoms with Crippen molar-refractivity contribution in [2.45, 2.75) is 23.5 Å². The number of halogens is 3. The Kier molecular flexibility index (Phi) is 4.92. The molecule has 3 rings (SSSR count). The van der Waals surface area contributed by atoms with Crippen LogP contribution in [0.1, 0.15) is 22.3 Å². The minimum Gasteiger partial charge on any atom is -0.308 e. The van der Waals surface area contributed by atoms with Gasteiger partial charge in [0.15, 0.2) is 0 Å². The van der Waals surface area contributed by atoms with Crippen LogP contribution in [-0.4, -0.2) is 26.6 Å². The van der Waals surface area contributed by atoms with Gasteiger partial charge in [0.05, 0.1) is 4.90 Å². The Morgan fingerprint density at radius 2 is 1.80 bits per heavy atom. The highest BCUT2D eigenvalue weighted by Gasteiger charge is 2.28. The molecule has 0 saturated carbocycles. The Morgan fingerprint density at radius 3 is 2.44 bits per heavy atom. The SMILES string of the molecule is O=C(c1ccc(S(=O)(=O)C(F)F)cc1)N1CCCc2cc(Br)ccc21. The van der Waals surface area contributed by atoms with Gasteiger partial charge in [-0.05, 0) is 60.9 Å². The smallest absolute Gasteiger partial charge is 0.308 e. The van der Waals surface area contributed by atoms with Crippen molar-refractivity contribution in [1.29, 1.82) is 0 Å². The molecule has 0 bridgehead atoms. The lowest BCUT2D eigenvalue weighted by molar-refractivity contribution is 0.0985. The molecule has 0 radical (unpaired) electrons. The number of carbonyl (C=O) groups is 1. The lowest BCUT2D eigenvalue weighted by Gasteiger charge is -2.29. The molecular formula is C17H14BrF2NO3S. The average Bonchev–Trinajstić information content (AvgIpc) is 2.60. The number of hydrogen-bond acceptors (Lipinski definition) is 3. The molecule has 0 saturated heterocycles. The van der Waals surface area contributed by atoms with Gasteiger partial charge >= 0.3 is 5.76 Å². The number of carbonyl (C=O) groups excluding carboxylic acids is 1. The van der Waals surface area contributed by atoms with E-state index in [1.165, 1.54) is 12.1 Å². The number of benzene rings is 2. The van der Waals surface area contributed by atoms with Crippen molar-refractivity contribution < 1.29 is 22.0 Å². The second-order valence-corrected chi connectivity index (χ2v) is 8.50. The van der Waals surface area contributed by atoms with Gasteiger partial charge in [-0.25, -0.2) is 8.42 Å². The van der Waals surface area contributed by atoms with Gasteiger partial charge in [0.2, 0.25) is 9.84 Å². The Morgan fingerprint density at radius 1 is 1.12 bits per heavy atom. The first-order chi connectivity index (χ1) is 11.8. The van der Waals surface area contributed by atoms with E-state index in [1.807, 2.05) is 18.2 Å². The zero-order chi connectivity index (χ0) is 18.2. The Bertz CT molecular complexity index is 914. The number of sulfone groups is 1. The number of fused-ring (bicyclic) bond motifs is 1. The molecule has 0 spiro atoms. The van der Waals surface area contributed by atoms with E-state index in [0.29, 0.717) is 6.54 Å². The van der Waals surface area contributed by atoms with Crippen molar-refractivity contribution in [3.63, 3.8) is 0 Å². The summed E-state index contributed by atoms with van der Waals surface area (Å²) in [5.74, 6) is -3.77. The van der Waals surface area contributed by atoms with E-state index >= 15 is 0 Å². The Balaban J connectivity index is 1.90. The largest absolute Gasteiger partial charge is 0.341 e. The van der Waals surface area contributed by atoms with Crippen LogP contribution in [0, 0.1) is 0 Å². The van der Waals surface area contributed by atoms with E-state index in [4.69, 9.17) is 0 Å². The predicted octanol–water partition coefficient (Wildman–Crippen LogP) is 4.04. The number of amides is 1. The van der Waals surface area contributed by atoms with E-state index in [9.17, 15) is 22.0 Å². The monoisotopic (exact) mass is 429 g/mol. The van der Waals surface area contributed by atoms with Crippen molar-refractivity contribution in [2.24, 2.45) is 0 Å². The molecule has 1 amide bonds. The fourth-order valence-electron chi connectivity index (χ4n) is 2.82. The van der Waals surface area contributed by atoms with Gasteiger partial charge in [-0.2, -0.15) is 8.78 Å². The van der Waals surface area contributed by atoms with Crippen LogP contribution < -0.4 is 4.90 Å². The van der Waals surface area contributed by atoms with Crippen LogP contribution in [0.15, 0.2) is 51.8 Å². The van der Waals surface area contributed by atoms with Gasteiger partial charge in [-0.1, -0.05) is 15.9 Å². The van der Waals surface area contributed by atoms with Crippen LogP contribution in [-0.2, 0) is 16.3 Å². The summed E-state index contributed by atoms with van der Waals surface area (Å²) in [5.41, 5.74) is 2.11. The zero-order valence-electron chi connectivity index (χ0n) is 13.0. The maximum Gasteiger partial charge on any atom is 0.341 e. The molecule has 8 heteroatoms. The first-order valence-electron chi connectivity index (χ1n) is 7.53. The molecule has 0 atom stereocenters. The molecule has 0 aromatic heterocycles. The predicted molar refractivity (Wildman–Crippen MR) is 93.8 cm³/mol. The number of hydrogen-bond donors (Lipinski definition) is 0. The highest BCUT2D eigenvalue weighted by molar-refractivity contribution is 9.10. The van der Waals surface area contributed by atoms with Crippen molar-refractivity contribution in [2.75, 3.05) is 11.4 Å². The Hall–Kier alpha value is -1.80. The maximum absolute atomic E-state index is 12.8. The molecule has 0 aliphatic carbocycles. The summed E-state index contributed by atoms with van der Waals surface area (Å²) in [5, 5.41) is 0. The van der Waals surface area contributed by atoms with E-state index in [2.05, 4.69) is 15.9 Å². The summed E-state index contributed by atoms with van der Waals surface area (Å²) in [7, 11) is -4.66. The fraction of sp³-hybridized carbons (Fsp3) is 0.235. The van der Waals surface area contributed by atoms with Crippen molar-refractivity contribution >= 4 is 37.4 Å². The molecule has 25 heavy (non-hydrogen) atoms. The summed E-state index contributed by atoms with van der Waals surface area (Å²) < 4.78 is 49.0. The molecule has 4 nitrogen and oxygen atoms in total. The lowest BCUT2D eigenvalue weighted by Crippen LogP contribution is -2.35. The van der Waals surface area contributed by atoms with E-state index in [0.717, 1.165) is 40.7 Å². The topological polar surface area (TPSA) is 54.5 Å². The number of anilines is 1. The first-order valence-corrected chi connectivity index (χ1v) is 9.87. The summed E-state index contributed by atoms with van der Waals surface area (Å²) in [6.45, 7) is 0.546. The first kappa shape index (κ1) is 18.0. The maximum atomic E-state index is 12.8. The molecule has 2 aromatic rings. The van der Waals surface area contributed by atoms with Crippen molar-refractivity contribution in [3.8, 4) is 0 Å². The summed E-state index contributed by atoms with van der Waals surface area (Å²) in [6, 6.07) is 10.3. The molecule has 1 aliphatic rings. The van der Waals surface area contributed by atoms with Gasteiger partial charge in [-0.3, -0.25) is 4.79 Å². The van der Waals surface area contributed by atoms with E-state index in [1.54, 1.807) is 4.90 Å². The van der Waals surface area contributed by atoms with E-state index in [-0.39, 0.29) is 11.5 Å². The van der Waals surface area contributed by atoms with Crippen molar-refractivity contribution in [3.05, 3.63) is 58.1 Å². The molecule has 2 aromatic carbocycles. The molecule has 1 aliphatic heterocycles. The van der Waals surface area contributed by atoms with Crippen LogP contribution in [0.25, 0.3) is 0 Å². The van der Waals surface area contributed by atoms with Gasteiger partial charge < -0.3 is 4.90 Å². The van der Waals surface area contributed by atoms with Gasteiger partial charge in [0, 0.05) is 22.3 Å². The average molecular weight is 430 g/mol. The molecular weight excluding hydrogens is 416 g/mol. The number of aryl methyl sites for hydroxylation is 1. The normalized spacial score (nSPS) is 14.5. The van der Waals surface area contributed by atoms with Crippen LogP contribution in [0.3, 0.4) is 0 Å². The minimum atomic E-state index is -4.66. The number of nitrogens with zero attached hydrogens (tertiary/aromatic N) is 1. The second kappa shape index (κ2) is 6.84. The standard InChI is InChI=1S/C17H14BrF2NO3S/c18-13-5-8-15-12(10-13)2-1-9-21(15)16(22)11-3-6-14(7-4-11)25(23,24)17(19)20/h3-8,10,17H,1-2,9H2. The molecule has 0 N–H and O–H groups in total. The highest BCUT2D eigenvalue weighted by atomic mass is 79.9. The third-order valence-corrected chi connectivity index (χ3v) is 5.96. The van der Waals surface area contributed by atoms with Gasteiger partial charge in [0.1, 0.15) is 0 Å². The summed E-state index contributed by atoms with van der Waals surface area (Å²) in [4.78, 5) is 13.9. The molecule has 0 fully saturated rings. The fourth-order valence-corrected chi connectivity index (χ4v) is 3.95. The molecule has 1 heterocycles. The third kappa shape index (κ3) is 3.46. The summed E-state index contributed by atoms with van der Waals surface area (Å²) in [6.07, 6.45) is 1.68. The van der Waals surface area contributed by atoms with Crippen LogP contribution in [0.2, 0.25) is 0 Å². The van der Waals surface area contributed by atoms with Crippen LogP contribution in [0.5, 0.6) is 0 Å². The molecule has 132 valence electrons. The number of alkyl halides is 2. The second-order valence-electron chi connectivity index (χ2n) is 5.66. The Labute approximate surface area is 152 Å². The zero-order valence-corrected chi connectivity index (χ0v) is 15.4. The highest BCUT2D eigenvalue weighted by Crippen LogP contribution is 2.31. The van der Waals surface area contributed by atoms with Crippen LogP contribution >= 0.6 is 15.9 Å². The molecule has 0 unspecified atom stereocenters. The third-order valence-electron chi connectivity index (χ3n) is 4.07. The number of rotatable bonds is 3. The van der Waals surface area contributed by atoms with Crippen molar-refractivity contribution in [1.82, 2.24) is 0 Å². The van der Waals surface area contributed by atoms with Crippen LogP contribution in [0.4, 0.5) is 14.5 Å². The lowest BCUT2D eigenvalue weighted by atomic mass is 10.0. The summed E-state index contributed by atoms with van der Waals surface area (Å²) >= 11 is 3.41. The minimum absolute atomic E-state index is 0.254. The quantitative estimate of drug-likeness (QED) is 0.739. The van der Waals surface area contributed by atoms with Gasteiger partial charge in [-0.15, -0.1) is 0 Å². The van der Waals surface area contributed by atoms with E-state index < -0.39 is 20.5 Å².